The zero-order chi connectivity index (χ0) is 18.4. The Kier molecular flexibility index (Phi) is 5.89. The number of carbonyl (C=O) groups excluding carboxylic acids is 2. The summed E-state index contributed by atoms with van der Waals surface area (Å²) in [4.78, 5) is 26.4. The smallest absolute Gasteiger partial charge is 0.410 e. The van der Waals surface area contributed by atoms with Gasteiger partial charge >= 0.3 is 6.09 Å². The molecular weight excluding hydrogens is 328 g/mol. The van der Waals surface area contributed by atoms with Crippen molar-refractivity contribution in [3.8, 4) is 0 Å². The maximum Gasteiger partial charge on any atom is 0.410 e. The van der Waals surface area contributed by atoms with Crippen molar-refractivity contribution < 1.29 is 14.3 Å². The molecule has 1 fully saturated rings. The van der Waals surface area contributed by atoms with E-state index in [1.165, 1.54) is 0 Å². The van der Waals surface area contributed by atoms with Crippen LogP contribution in [0.2, 0.25) is 0 Å². The molecule has 0 radical (unpaired) electrons. The van der Waals surface area contributed by atoms with E-state index in [2.05, 4.69) is 5.32 Å². The first-order valence-corrected chi connectivity index (χ1v) is 8.95. The van der Waals surface area contributed by atoms with E-state index in [-0.39, 0.29) is 24.5 Å². The molecule has 136 valence electrons. The predicted molar refractivity (Wildman–Crippen MR) is 101 cm³/mol. The minimum atomic E-state index is -0.360. The SMILES string of the molecule is Cc1ccc(NC(=O)C2CCCN(C(=O)OCc3ccccc3)C2)cc1. The van der Waals surface area contributed by atoms with Gasteiger partial charge in [-0.1, -0.05) is 48.0 Å². The van der Waals surface area contributed by atoms with Crippen LogP contribution in [0.5, 0.6) is 0 Å². The van der Waals surface area contributed by atoms with Crippen molar-refractivity contribution in [2.24, 2.45) is 5.92 Å². The summed E-state index contributed by atoms with van der Waals surface area (Å²) < 4.78 is 5.38. The van der Waals surface area contributed by atoms with E-state index in [0.717, 1.165) is 29.7 Å². The Morgan fingerprint density at radius 1 is 1.12 bits per heavy atom. The summed E-state index contributed by atoms with van der Waals surface area (Å²) in [6, 6.07) is 17.3. The average molecular weight is 352 g/mol. The lowest BCUT2D eigenvalue weighted by atomic mass is 9.97. The van der Waals surface area contributed by atoms with E-state index in [1.807, 2.05) is 61.5 Å². The minimum absolute atomic E-state index is 0.0468. The lowest BCUT2D eigenvalue weighted by Gasteiger charge is -2.31. The summed E-state index contributed by atoms with van der Waals surface area (Å²) in [7, 11) is 0. The first kappa shape index (κ1) is 18.0. The number of anilines is 1. The van der Waals surface area contributed by atoms with E-state index < -0.39 is 0 Å². The van der Waals surface area contributed by atoms with Crippen LogP contribution < -0.4 is 5.32 Å². The molecule has 26 heavy (non-hydrogen) atoms. The van der Waals surface area contributed by atoms with Gasteiger partial charge in [0.05, 0.1) is 5.92 Å². The lowest BCUT2D eigenvalue weighted by Crippen LogP contribution is -2.44. The Balaban J connectivity index is 1.52. The average Bonchev–Trinajstić information content (AvgIpc) is 2.69. The Bertz CT molecular complexity index is 744. The number of piperidine rings is 1. The third-order valence-corrected chi connectivity index (χ3v) is 4.57. The van der Waals surface area contributed by atoms with Gasteiger partial charge in [-0.25, -0.2) is 4.79 Å². The van der Waals surface area contributed by atoms with E-state index >= 15 is 0 Å². The van der Waals surface area contributed by atoms with Gasteiger partial charge in [-0.3, -0.25) is 4.79 Å². The van der Waals surface area contributed by atoms with Crippen LogP contribution in [0.1, 0.15) is 24.0 Å². The second kappa shape index (κ2) is 8.52. The highest BCUT2D eigenvalue weighted by atomic mass is 16.6. The third-order valence-electron chi connectivity index (χ3n) is 4.57. The number of hydrogen-bond acceptors (Lipinski definition) is 3. The maximum absolute atomic E-state index is 12.5. The van der Waals surface area contributed by atoms with Gasteiger partial charge in [-0.05, 0) is 37.5 Å². The maximum atomic E-state index is 12.5. The molecule has 5 heteroatoms. The number of benzene rings is 2. The first-order valence-electron chi connectivity index (χ1n) is 8.95. The summed E-state index contributed by atoms with van der Waals surface area (Å²) in [5, 5.41) is 2.94. The van der Waals surface area contributed by atoms with E-state index in [0.29, 0.717) is 13.1 Å². The van der Waals surface area contributed by atoms with Crippen molar-refractivity contribution in [1.29, 1.82) is 0 Å². The lowest BCUT2D eigenvalue weighted by molar-refractivity contribution is -0.121. The molecule has 2 aromatic carbocycles. The number of nitrogens with zero attached hydrogens (tertiary/aromatic N) is 1. The molecule has 2 aromatic rings. The first-order chi connectivity index (χ1) is 12.6. The molecule has 1 saturated heterocycles. The van der Waals surface area contributed by atoms with Crippen molar-refractivity contribution in [3.05, 3.63) is 65.7 Å². The van der Waals surface area contributed by atoms with Crippen LogP contribution in [-0.4, -0.2) is 30.0 Å². The Morgan fingerprint density at radius 3 is 2.58 bits per heavy atom. The topological polar surface area (TPSA) is 58.6 Å². The number of amides is 2. The van der Waals surface area contributed by atoms with E-state index in [9.17, 15) is 9.59 Å². The Hall–Kier alpha value is -2.82. The van der Waals surface area contributed by atoms with Crippen LogP contribution in [-0.2, 0) is 16.1 Å². The molecule has 0 saturated carbocycles. The quantitative estimate of drug-likeness (QED) is 0.905. The van der Waals surface area contributed by atoms with Gasteiger partial charge in [-0.15, -0.1) is 0 Å². The van der Waals surface area contributed by atoms with Crippen LogP contribution >= 0.6 is 0 Å². The Labute approximate surface area is 154 Å². The highest BCUT2D eigenvalue weighted by molar-refractivity contribution is 5.93. The second-order valence-electron chi connectivity index (χ2n) is 6.68. The predicted octanol–water partition coefficient (Wildman–Crippen LogP) is 3.98. The number of ether oxygens (including phenoxy) is 1. The number of aryl methyl sites for hydroxylation is 1. The van der Waals surface area contributed by atoms with Gasteiger partial charge < -0.3 is 15.0 Å². The van der Waals surface area contributed by atoms with Crippen LogP contribution in [0.3, 0.4) is 0 Å². The molecular formula is C21H24N2O3. The van der Waals surface area contributed by atoms with Crippen LogP contribution in [0.15, 0.2) is 54.6 Å². The molecule has 1 N–H and O–H groups in total. The van der Waals surface area contributed by atoms with Crippen molar-refractivity contribution in [3.63, 3.8) is 0 Å². The molecule has 5 nitrogen and oxygen atoms in total. The molecule has 3 rings (SSSR count). The van der Waals surface area contributed by atoms with Crippen molar-refractivity contribution >= 4 is 17.7 Å². The molecule has 2 amide bonds. The number of rotatable bonds is 4. The van der Waals surface area contributed by atoms with Crippen molar-refractivity contribution in [1.82, 2.24) is 4.90 Å². The van der Waals surface area contributed by atoms with Gasteiger partial charge in [0.15, 0.2) is 0 Å². The fourth-order valence-corrected chi connectivity index (χ4v) is 3.05. The van der Waals surface area contributed by atoms with Crippen molar-refractivity contribution in [2.75, 3.05) is 18.4 Å². The summed E-state index contributed by atoms with van der Waals surface area (Å²) in [5.74, 6) is -0.260. The van der Waals surface area contributed by atoms with E-state index in [4.69, 9.17) is 4.74 Å². The zero-order valence-electron chi connectivity index (χ0n) is 15.0. The third kappa shape index (κ3) is 4.85. The largest absolute Gasteiger partial charge is 0.445 e. The van der Waals surface area contributed by atoms with Crippen LogP contribution in [0, 0.1) is 12.8 Å². The molecule has 1 heterocycles. The molecule has 1 unspecified atom stereocenters. The molecule has 1 aliphatic rings. The van der Waals surface area contributed by atoms with Gasteiger partial charge in [0.2, 0.25) is 5.91 Å². The van der Waals surface area contributed by atoms with Crippen LogP contribution in [0.4, 0.5) is 10.5 Å². The number of carbonyl (C=O) groups is 2. The molecule has 1 atom stereocenters. The summed E-state index contributed by atoms with van der Waals surface area (Å²) in [6.45, 7) is 3.27. The molecule has 1 aliphatic heterocycles. The summed E-state index contributed by atoms with van der Waals surface area (Å²) >= 11 is 0. The number of hydrogen-bond donors (Lipinski definition) is 1. The molecule has 0 spiro atoms. The second-order valence-corrected chi connectivity index (χ2v) is 6.68. The fourth-order valence-electron chi connectivity index (χ4n) is 3.05. The highest BCUT2D eigenvalue weighted by Crippen LogP contribution is 2.20. The van der Waals surface area contributed by atoms with E-state index in [1.54, 1.807) is 4.90 Å². The molecule has 0 aromatic heterocycles. The van der Waals surface area contributed by atoms with Crippen molar-refractivity contribution in [2.45, 2.75) is 26.4 Å². The highest BCUT2D eigenvalue weighted by Gasteiger charge is 2.29. The Morgan fingerprint density at radius 2 is 1.85 bits per heavy atom. The van der Waals surface area contributed by atoms with Gasteiger partial charge in [-0.2, -0.15) is 0 Å². The summed E-state index contributed by atoms with van der Waals surface area (Å²) in [5.41, 5.74) is 2.88. The standard InChI is InChI=1S/C21H24N2O3/c1-16-9-11-19(12-10-16)22-20(24)18-8-5-13-23(14-18)21(25)26-15-17-6-3-2-4-7-17/h2-4,6-7,9-12,18H,5,8,13-15H2,1H3,(H,22,24). The van der Waals surface area contributed by atoms with Gasteiger partial charge in [0.25, 0.3) is 0 Å². The number of nitrogens with one attached hydrogen (secondary N) is 1. The number of likely N-dealkylation sites (tertiary alicyclic amines) is 1. The van der Waals surface area contributed by atoms with Crippen LogP contribution in [0.25, 0.3) is 0 Å². The minimum Gasteiger partial charge on any atom is -0.445 e. The fraction of sp³-hybridized carbons (Fsp3) is 0.333. The normalized spacial score (nSPS) is 16.8. The summed E-state index contributed by atoms with van der Waals surface area (Å²) in [6.07, 6.45) is 1.22. The zero-order valence-corrected chi connectivity index (χ0v) is 15.0. The monoisotopic (exact) mass is 352 g/mol. The van der Waals surface area contributed by atoms with Gasteiger partial charge in [0.1, 0.15) is 6.61 Å². The molecule has 0 bridgehead atoms. The molecule has 0 aliphatic carbocycles. The van der Waals surface area contributed by atoms with Gasteiger partial charge in [0, 0.05) is 18.8 Å².